The SMILES string of the molecule is Cc1cc(C)n(-c2cc(N3CC4CN(S(=O)(=O)N5CCCC5)CC4C3)ncn2)n1. The lowest BCUT2D eigenvalue weighted by Gasteiger charge is -2.26. The van der Waals surface area contributed by atoms with Crippen LogP contribution in [0, 0.1) is 25.7 Å². The van der Waals surface area contributed by atoms with E-state index in [0.29, 0.717) is 38.0 Å². The summed E-state index contributed by atoms with van der Waals surface area (Å²) >= 11 is 0. The predicted octanol–water partition coefficient (Wildman–Crippen LogP) is 0.988. The maximum absolute atomic E-state index is 12.9. The van der Waals surface area contributed by atoms with Gasteiger partial charge < -0.3 is 4.90 Å². The van der Waals surface area contributed by atoms with Crippen LogP contribution in [0.4, 0.5) is 5.82 Å². The minimum Gasteiger partial charge on any atom is -0.356 e. The molecule has 0 aliphatic carbocycles. The van der Waals surface area contributed by atoms with Crippen LogP contribution in [0.3, 0.4) is 0 Å². The minimum atomic E-state index is -3.30. The first-order valence-electron chi connectivity index (χ1n) is 10.3. The molecule has 156 valence electrons. The van der Waals surface area contributed by atoms with Crippen molar-refractivity contribution in [2.75, 3.05) is 44.2 Å². The molecule has 0 amide bonds. The summed E-state index contributed by atoms with van der Waals surface area (Å²) in [6, 6.07) is 4.00. The second-order valence-electron chi connectivity index (χ2n) is 8.43. The zero-order valence-corrected chi connectivity index (χ0v) is 17.7. The summed E-state index contributed by atoms with van der Waals surface area (Å²) in [7, 11) is -3.30. The Morgan fingerprint density at radius 2 is 1.55 bits per heavy atom. The van der Waals surface area contributed by atoms with Gasteiger partial charge in [-0.1, -0.05) is 0 Å². The smallest absolute Gasteiger partial charge is 0.281 e. The summed E-state index contributed by atoms with van der Waals surface area (Å²) in [6.07, 6.45) is 3.53. The number of rotatable bonds is 4. The molecule has 0 bridgehead atoms. The van der Waals surface area contributed by atoms with E-state index in [0.717, 1.165) is 49.0 Å². The molecule has 3 saturated heterocycles. The molecule has 3 aliphatic heterocycles. The van der Waals surface area contributed by atoms with Crippen LogP contribution in [-0.2, 0) is 10.2 Å². The Bertz CT molecular complexity index is 1000. The fraction of sp³-hybridized carbons (Fsp3) is 0.632. The van der Waals surface area contributed by atoms with Gasteiger partial charge in [-0.25, -0.2) is 14.6 Å². The molecule has 2 unspecified atom stereocenters. The van der Waals surface area contributed by atoms with E-state index in [9.17, 15) is 8.42 Å². The van der Waals surface area contributed by atoms with E-state index in [1.165, 1.54) is 0 Å². The van der Waals surface area contributed by atoms with Crippen molar-refractivity contribution in [3.8, 4) is 5.82 Å². The van der Waals surface area contributed by atoms with Crippen LogP contribution >= 0.6 is 0 Å². The Labute approximate surface area is 171 Å². The molecule has 29 heavy (non-hydrogen) atoms. The maximum atomic E-state index is 12.9. The largest absolute Gasteiger partial charge is 0.356 e. The van der Waals surface area contributed by atoms with E-state index in [-0.39, 0.29) is 0 Å². The highest BCUT2D eigenvalue weighted by Gasteiger charge is 2.46. The summed E-state index contributed by atoms with van der Waals surface area (Å²) in [6.45, 7) is 8.17. The Morgan fingerprint density at radius 3 is 2.17 bits per heavy atom. The summed E-state index contributed by atoms with van der Waals surface area (Å²) < 4.78 is 30.9. The molecule has 0 spiro atoms. The molecule has 2 aromatic heterocycles. The van der Waals surface area contributed by atoms with Gasteiger partial charge in [-0.2, -0.15) is 22.1 Å². The Balaban J connectivity index is 1.30. The quantitative estimate of drug-likeness (QED) is 0.737. The number of hydrogen-bond donors (Lipinski definition) is 0. The van der Waals surface area contributed by atoms with Gasteiger partial charge in [0.25, 0.3) is 10.2 Å². The topological polar surface area (TPSA) is 87.5 Å². The summed E-state index contributed by atoms with van der Waals surface area (Å²) in [5.74, 6) is 2.33. The average Bonchev–Trinajstić information content (AvgIpc) is 3.45. The van der Waals surface area contributed by atoms with Gasteiger partial charge >= 0.3 is 0 Å². The fourth-order valence-corrected chi connectivity index (χ4v) is 6.70. The molecule has 2 aromatic rings. The lowest BCUT2D eigenvalue weighted by atomic mass is 10.0. The molecule has 3 aliphatic rings. The van der Waals surface area contributed by atoms with Crippen LogP contribution < -0.4 is 4.90 Å². The first-order chi connectivity index (χ1) is 13.9. The van der Waals surface area contributed by atoms with E-state index in [1.54, 1.807) is 14.9 Å². The predicted molar refractivity (Wildman–Crippen MR) is 109 cm³/mol. The second kappa shape index (κ2) is 7.03. The molecule has 0 aromatic carbocycles. The minimum absolute atomic E-state index is 0.347. The normalized spacial score (nSPS) is 25.8. The fourth-order valence-electron chi connectivity index (χ4n) is 4.89. The monoisotopic (exact) mass is 417 g/mol. The van der Waals surface area contributed by atoms with Gasteiger partial charge in [0.2, 0.25) is 0 Å². The van der Waals surface area contributed by atoms with Crippen molar-refractivity contribution in [2.24, 2.45) is 11.8 Å². The molecule has 3 fully saturated rings. The molecule has 10 heteroatoms. The van der Waals surface area contributed by atoms with Gasteiger partial charge in [0.1, 0.15) is 12.1 Å². The van der Waals surface area contributed by atoms with Crippen molar-refractivity contribution in [2.45, 2.75) is 26.7 Å². The van der Waals surface area contributed by atoms with E-state index < -0.39 is 10.2 Å². The van der Waals surface area contributed by atoms with E-state index >= 15 is 0 Å². The number of aromatic nitrogens is 4. The molecule has 0 saturated carbocycles. The summed E-state index contributed by atoms with van der Waals surface area (Å²) in [4.78, 5) is 11.1. The summed E-state index contributed by atoms with van der Waals surface area (Å²) in [5.41, 5.74) is 1.99. The summed E-state index contributed by atoms with van der Waals surface area (Å²) in [5, 5.41) is 4.51. The van der Waals surface area contributed by atoms with Crippen LogP contribution in [0.2, 0.25) is 0 Å². The van der Waals surface area contributed by atoms with Crippen LogP contribution in [0.25, 0.3) is 5.82 Å². The number of fused-ring (bicyclic) bond motifs is 1. The molecule has 0 radical (unpaired) electrons. The third-order valence-electron chi connectivity index (χ3n) is 6.36. The molecule has 5 rings (SSSR count). The molecule has 9 nitrogen and oxygen atoms in total. The number of hydrogen-bond acceptors (Lipinski definition) is 6. The number of nitrogens with zero attached hydrogens (tertiary/aromatic N) is 7. The van der Waals surface area contributed by atoms with Crippen LogP contribution in [-0.4, -0.2) is 76.0 Å². The van der Waals surface area contributed by atoms with Crippen molar-refractivity contribution in [3.63, 3.8) is 0 Å². The molecule has 5 heterocycles. The highest BCUT2D eigenvalue weighted by molar-refractivity contribution is 7.86. The zero-order chi connectivity index (χ0) is 20.2. The zero-order valence-electron chi connectivity index (χ0n) is 16.9. The Hall–Kier alpha value is -2.04. The van der Waals surface area contributed by atoms with Gasteiger partial charge in [0.05, 0.1) is 5.69 Å². The van der Waals surface area contributed by atoms with E-state index in [4.69, 9.17) is 0 Å². The maximum Gasteiger partial charge on any atom is 0.281 e. The van der Waals surface area contributed by atoms with Crippen LogP contribution in [0.5, 0.6) is 0 Å². The third-order valence-corrected chi connectivity index (χ3v) is 8.33. The highest BCUT2D eigenvalue weighted by atomic mass is 32.2. The first-order valence-corrected chi connectivity index (χ1v) is 11.7. The molecule has 2 atom stereocenters. The van der Waals surface area contributed by atoms with Crippen molar-refractivity contribution in [1.29, 1.82) is 0 Å². The lowest BCUT2D eigenvalue weighted by Crippen LogP contribution is -2.42. The third kappa shape index (κ3) is 3.32. The van der Waals surface area contributed by atoms with Crippen molar-refractivity contribution >= 4 is 16.0 Å². The average molecular weight is 418 g/mol. The molecule has 0 N–H and O–H groups in total. The van der Waals surface area contributed by atoms with Gasteiger partial charge in [-0.3, -0.25) is 0 Å². The Kier molecular flexibility index (Phi) is 4.60. The number of anilines is 1. The highest BCUT2D eigenvalue weighted by Crippen LogP contribution is 2.35. The van der Waals surface area contributed by atoms with Gasteiger partial charge in [-0.15, -0.1) is 0 Å². The first kappa shape index (κ1) is 19.0. The van der Waals surface area contributed by atoms with Crippen molar-refractivity contribution in [1.82, 2.24) is 28.4 Å². The van der Waals surface area contributed by atoms with Crippen molar-refractivity contribution in [3.05, 3.63) is 29.8 Å². The van der Waals surface area contributed by atoms with Gasteiger partial charge in [0, 0.05) is 51.0 Å². The van der Waals surface area contributed by atoms with E-state index in [2.05, 4.69) is 20.0 Å². The number of aryl methyl sites for hydroxylation is 2. The molecular formula is C19H27N7O2S. The lowest BCUT2D eigenvalue weighted by molar-refractivity contribution is 0.385. The van der Waals surface area contributed by atoms with Gasteiger partial charge in [0.15, 0.2) is 5.82 Å². The van der Waals surface area contributed by atoms with E-state index in [1.807, 2.05) is 30.7 Å². The van der Waals surface area contributed by atoms with Crippen LogP contribution in [0.1, 0.15) is 24.2 Å². The second-order valence-corrected chi connectivity index (χ2v) is 10.4. The van der Waals surface area contributed by atoms with Crippen molar-refractivity contribution < 1.29 is 8.42 Å². The van der Waals surface area contributed by atoms with Crippen LogP contribution in [0.15, 0.2) is 18.5 Å². The molecular weight excluding hydrogens is 390 g/mol. The van der Waals surface area contributed by atoms with Gasteiger partial charge in [-0.05, 0) is 44.6 Å². The Morgan fingerprint density at radius 1 is 0.897 bits per heavy atom. The standard InChI is InChI=1S/C19H27N7O2S/c1-14-7-15(2)26(22-14)19-8-18(20-13-21-19)23-9-16-11-25(12-17(16)10-23)29(27,28)24-5-3-4-6-24/h7-8,13,16-17H,3-6,9-12H2,1-2H3.